The van der Waals surface area contributed by atoms with Crippen LogP contribution in [0.2, 0.25) is 0 Å². The summed E-state index contributed by atoms with van der Waals surface area (Å²) < 4.78 is 2.19. The van der Waals surface area contributed by atoms with Crippen LogP contribution in [0.25, 0.3) is 0 Å². The van der Waals surface area contributed by atoms with E-state index in [1.165, 1.54) is 11.3 Å². The number of hydrogen-bond donors (Lipinski definition) is 1. The summed E-state index contributed by atoms with van der Waals surface area (Å²) in [6, 6.07) is 4.05. The Bertz CT molecular complexity index is 436. The molecule has 0 fully saturated rings. The molecule has 0 unspecified atom stereocenters. The summed E-state index contributed by atoms with van der Waals surface area (Å²) in [5.74, 6) is 0. The fourth-order valence-electron chi connectivity index (χ4n) is 1.77. The van der Waals surface area contributed by atoms with Crippen LogP contribution in [0.1, 0.15) is 24.6 Å². The summed E-state index contributed by atoms with van der Waals surface area (Å²) in [6.07, 6.45) is 8.59. The molecule has 90 valence electrons. The van der Waals surface area contributed by atoms with E-state index in [4.69, 9.17) is 0 Å². The largest absolute Gasteiger partial charge is 0.333 e. The minimum absolute atomic E-state index is 0.850. The standard InChI is InChI=1S/C13H18N4/c1-2-7-17-11-16-10-13(17)9-15-8-12-3-5-14-6-4-12/h3-6,10-11,15H,2,7-9H2,1H3. The van der Waals surface area contributed by atoms with E-state index in [2.05, 4.69) is 26.8 Å². The normalized spacial score (nSPS) is 10.6. The van der Waals surface area contributed by atoms with Gasteiger partial charge in [-0.25, -0.2) is 4.98 Å². The summed E-state index contributed by atoms with van der Waals surface area (Å²) >= 11 is 0. The molecule has 0 radical (unpaired) electrons. The van der Waals surface area contributed by atoms with Gasteiger partial charge in [-0.05, 0) is 24.1 Å². The number of aryl methyl sites for hydroxylation is 1. The summed E-state index contributed by atoms with van der Waals surface area (Å²) in [6.45, 7) is 4.92. The molecule has 0 atom stereocenters. The first-order chi connectivity index (χ1) is 8.40. The maximum atomic E-state index is 4.18. The van der Waals surface area contributed by atoms with Crippen LogP contribution in [0.15, 0.2) is 37.1 Å². The van der Waals surface area contributed by atoms with Gasteiger partial charge in [0.2, 0.25) is 0 Å². The monoisotopic (exact) mass is 230 g/mol. The third-order valence-electron chi connectivity index (χ3n) is 2.65. The molecule has 2 heterocycles. The lowest BCUT2D eigenvalue weighted by Crippen LogP contribution is -2.15. The van der Waals surface area contributed by atoms with Crippen LogP contribution in [-0.4, -0.2) is 14.5 Å². The molecule has 4 heteroatoms. The first-order valence-corrected chi connectivity index (χ1v) is 5.98. The van der Waals surface area contributed by atoms with E-state index in [0.29, 0.717) is 0 Å². The average molecular weight is 230 g/mol. The predicted molar refractivity (Wildman–Crippen MR) is 67.3 cm³/mol. The molecule has 2 aromatic heterocycles. The summed E-state index contributed by atoms with van der Waals surface area (Å²) in [7, 11) is 0. The molecule has 0 spiro atoms. The van der Waals surface area contributed by atoms with Crippen LogP contribution < -0.4 is 5.32 Å². The van der Waals surface area contributed by atoms with Gasteiger partial charge in [-0.1, -0.05) is 6.92 Å². The third-order valence-corrected chi connectivity index (χ3v) is 2.65. The number of hydrogen-bond acceptors (Lipinski definition) is 3. The van der Waals surface area contributed by atoms with Gasteiger partial charge in [0.15, 0.2) is 0 Å². The Morgan fingerprint density at radius 1 is 1.18 bits per heavy atom. The molecule has 17 heavy (non-hydrogen) atoms. The highest BCUT2D eigenvalue weighted by Crippen LogP contribution is 2.01. The Morgan fingerprint density at radius 2 is 2.00 bits per heavy atom. The van der Waals surface area contributed by atoms with Crippen molar-refractivity contribution in [2.45, 2.75) is 33.0 Å². The van der Waals surface area contributed by atoms with Crippen LogP contribution in [0, 0.1) is 0 Å². The van der Waals surface area contributed by atoms with Gasteiger partial charge in [0.25, 0.3) is 0 Å². The third kappa shape index (κ3) is 3.39. The van der Waals surface area contributed by atoms with E-state index in [9.17, 15) is 0 Å². The van der Waals surface area contributed by atoms with Gasteiger partial charge in [0.1, 0.15) is 0 Å². The smallest absolute Gasteiger partial charge is 0.0948 e. The van der Waals surface area contributed by atoms with Crippen molar-refractivity contribution >= 4 is 0 Å². The predicted octanol–water partition coefficient (Wildman–Crippen LogP) is 1.98. The highest BCUT2D eigenvalue weighted by molar-refractivity contribution is 5.09. The van der Waals surface area contributed by atoms with E-state index in [1.807, 2.05) is 37.1 Å². The lowest BCUT2D eigenvalue weighted by Gasteiger charge is -2.08. The number of aromatic nitrogens is 3. The Labute approximate surface area is 102 Å². The molecule has 0 aromatic carbocycles. The van der Waals surface area contributed by atoms with Gasteiger partial charge in [-0.15, -0.1) is 0 Å². The second-order valence-electron chi connectivity index (χ2n) is 4.04. The average Bonchev–Trinajstić information content (AvgIpc) is 2.79. The zero-order valence-electron chi connectivity index (χ0n) is 10.1. The Kier molecular flexibility index (Phi) is 4.27. The fourth-order valence-corrected chi connectivity index (χ4v) is 1.77. The minimum atomic E-state index is 0.850. The molecule has 0 bridgehead atoms. The molecule has 0 aliphatic rings. The van der Waals surface area contributed by atoms with Crippen LogP contribution in [0.3, 0.4) is 0 Å². The van der Waals surface area contributed by atoms with Crippen molar-refractivity contribution in [3.8, 4) is 0 Å². The molecule has 0 saturated heterocycles. The SMILES string of the molecule is CCCn1cncc1CNCc1ccncc1. The van der Waals surface area contributed by atoms with Crippen LogP contribution in [-0.2, 0) is 19.6 Å². The summed E-state index contributed by atoms with van der Waals surface area (Å²) in [5.41, 5.74) is 2.49. The molecule has 0 amide bonds. The van der Waals surface area contributed by atoms with E-state index in [-0.39, 0.29) is 0 Å². The maximum absolute atomic E-state index is 4.18. The van der Waals surface area contributed by atoms with E-state index in [1.54, 1.807) is 0 Å². The lowest BCUT2D eigenvalue weighted by molar-refractivity contribution is 0.601. The van der Waals surface area contributed by atoms with Crippen molar-refractivity contribution in [2.24, 2.45) is 0 Å². The summed E-state index contributed by atoms with van der Waals surface area (Å²) in [4.78, 5) is 8.18. The Balaban J connectivity index is 1.84. The molecule has 0 aliphatic carbocycles. The Morgan fingerprint density at radius 3 is 2.76 bits per heavy atom. The van der Waals surface area contributed by atoms with Crippen LogP contribution in [0.5, 0.6) is 0 Å². The molecule has 0 saturated carbocycles. The van der Waals surface area contributed by atoms with Gasteiger partial charge in [-0.2, -0.15) is 0 Å². The maximum Gasteiger partial charge on any atom is 0.0948 e. The lowest BCUT2D eigenvalue weighted by atomic mass is 10.2. The zero-order valence-corrected chi connectivity index (χ0v) is 10.1. The second kappa shape index (κ2) is 6.15. The first kappa shape index (κ1) is 11.8. The van der Waals surface area contributed by atoms with E-state index in [0.717, 1.165) is 26.1 Å². The van der Waals surface area contributed by atoms with Crippen LogP contribution in [0.4, 0.5) is 0 Å². The van der Waals surface area contributed by atoms with Gasteiger partial charge in [0, 0.05) is 38.2 Å². The quantitative estimate of drug-likeness (QED) is 0.825. The van der Waals surface area contributed by atoms with Crippen molar-refractivity contribution in [1.29, 1.82) is 0 Å². The molecule has 0 aliphatic heterocycles. The molecular formula is C13H18N4. The molecular weight excluding hydrogens is 212 g/mol. The molecule has 2 rings (SSSR count). The zero-order chi connectivity index (χ0) is 11.9. The number of nitrogens with zero attached hydrogens (tertiary/aromatic N) is 3. The van der Waals surface area contributed by atoms with Crippen molar-refractivity contribution in [3.63, 3.8) is 0 Å². The fraction of sp³-hybridized carbons (Fsp3) is 0.385. The number of nitrogens with one attached hydrogen (secondary N) is 1. The van der Waals surface area contributed by atoms with Crippen molar-refractivity contribution in [3.05, 3.63) is 48.3 Å². The van der Waals surface area contributed by atoms with Gasteiger partial charge in [0.05, 0.1) is 12.0 Å². The van der Waals surface area contributed by atoms with Crippen molar-refractivity contribution in [2.75, 3.05) is 0 Å². The summed E-state index contributed by atoms with van der Waals surface area (Å²) in [5, 5.41) is 3.41. The molecule has 1 N–H and O–H groups in total. The van der Waals surface area contributed by atoms with Gasteiger partial charge >= 0.3 is 0 Å². The Hall–Kier alpha value is -1.68. The second-order valence-corrected chi connectivity index (χ2v) is 4.04. The van der Waals surface area contributed by atoms with E-state index >= 15 is 0 Å². The van der Waals surface area contributed by atoms with E-state index < -0.39 is 0 Å². The minimum Gasteiger partial charge on any atom is -0.333 e. The van der Waals surface area contributed by atoms with Crippen LogP contribution >= 0.6 is 0 Å². The van der Waals surface area contributed by atoms with Crippen molar-refractivity contribution in [1.82, 2.24) is 19.9 Å². The molecule has 4 nitrogen and oxygen atoms in total. The molecule has 2 aromatic rings. The van der Waals surface area contributed by atoms with Crippen molar-refractivity contribution < 1.29 is 0 Å². The number of rotatable bonds is 6. The highest BCUT2D eigenvalue weighted by atomic mass is 15.1. The highest BCUT2D eigenvalue weighted by Gasteiger charge is 2.00. The first-order valence-electron chi connectivity index (χ1n) is 5.98. The topological polar surface area (TPSA) is 42.7 Å². The number of imidazole rings is 1. The number of pyridine rings is 1. The van der Waals surface area contributed by atoms with Gasteiger partial charge in [-0.3, -0.25) is 4.98 Å². The van der Waals surface area contributed by atoms with Gasteiger partial charge < -0.3 is 9.88 Å².